The quantitative estimate of drug-likeness (QED) is 0.837. The van der Waals surface area contributed by atoms with Gasteiger partial charge in [-0.2, -0.15) is 13.2 Å². The molecular formula is C13H13F3N2O3. The van der Waals surface area contributed by atoms with E-state index in [0.29, 0.717) is 0 Å². The molecule has 0 aliphatic carbocycles. The predicted molar refractivity (Wildman–Crippen MR) is 67.8 cm³/mol. The van der Waals surface area contributed by atoms with Crippen LogP contribution in [0.15, 0.2) is 18.2 Å². The molecule has 5 nitrogen and oxygen atoms in total. The summed E-state index contributed by atoms with van der Waals surface area (Å²) in [5.41, 5.74) is -0.771. The lowest BCUT2D eigenvalue weighted by Gasteiger charge is -2.23. The summed E-state index contributed by atoms with van der Waals surface area (Å²) < 4.78 is 43.2. The molecule has 8 heteroatoms. The number of carbonyl (C=O) groups is 2. The van der Waals surface area contributed by atoms with E-state index in [1.807, 2.05) is 0 Å². The SMILES string of the molecule is COc1cc(NC2CCC(=O)NC2=O)cc(C(F)(F)F)c1. The van der Waals surface area contributed by atoms with Crippen molar-refractivity contribution in [2.45, 2.75) is 25.1 Å². The largest absolute Gasteiger partial charge is 0.497 e. The minimum absolute atomic E-state index is 0.0274. The summed E-state index contributed by atoms with van der Waals surface area (Å²) in [5.74, 6) is -0.915. The summed E-state index contributed by atoms with van der Waals surface area (Å²) in [6, 6.07) is 2.37. The van der Waals surface area contributed by atoms with Crippen molar-refractivity contribution in [1.82, 2.24) is 5.32 Å². The number of hydrogen-bond donors (Lipinski definition) is 2. The molecule has 1 saturated heterocycles. The summed E-state index contributed by atoms with van der Waals surface area (Å²) in [7, 11) is 1.26. The third kappa shape index (κ3) is 3.65. The molecule has 2 rings (SSSR count). The van der Waals surface area contributed by atoms with Crippen molar-refractivity contribution in [1.29, 1.82) is 0 Å². The number of ether oxygens (including phenoxy) is 1. The fourth-order valence-corrected chi connectivity index (χ4v) is 2.00. The van der Waals surface area contributed by atoms with Crippen LogP contribution in [0.5, 0.6) is 5.75 Å². The van der Waals surface area contributed by atoms with Gasteiger partial charge in [0.05, 0.1) is 12.7 Å². The molecule has 1 aliphatic rings. The maximum atomic E-state index is 12.8. The fourth-order valence-electron chi connectivity index (χ4n) is 2.00. The number of piperidine rings is 1. The molecule has 2 N–H and O–H groups in total. The van der Waals surface area contributed by atoms with Crippen LogP contribution in [0.25, 0.3) is 0 Å². The van der Waals surface area contributed by atoms with Crippen molar-refractivity contribution < 1.29 is 27.5 Å². The Bertz CT molecular complexity index is 572. The van der Waals surface area contributed by atoms with Crippen molar-refractivity contribution in [3.63, 3.8) is 0 Å². The Morgan fingerprint density at radius 1 is 1.29 bits per heavy atom. The van der Waals surface area contributed by atoms with Crippen molar-refractivity contribution >= 4 is 17.5 Å². The first kappa shape index (κ1) is 15.1. The van der Waals surface area contributed by atoms with Gasteiger partial charge in [0.15, 0.2) is 0 Å². The number of methoxy groups -OCH3 is 1. The molecule has 21 heavy (non-hydrogen) atoms. The highest BCUT2D eigenvalue weighted by Gasteiger charge is 2.32. The van der Waals surface area contributed by atoms with Gasteiger partial charge in [-0.05, 0) is 18.6 Å². The topological polar surface area (TPSA) is 67.4 Å². The smallest absolute Gasteiger partial charge is 0.416 e. The Balaban J connectivity index is 2.23. The van der Waals surface area contributed by atoms with E-state index < -0.39 is 23.7 Å². The molecule has 1 aromatic rings. The number of rotatable bonds is 3. The third-order valence-electron chi connectivity index (χ3n) is 3.05. The molecule has 2 amide bonds. The van der Waals surface area contributed by atoms with Gasteiger partial charge >= 0.3 is 6.18 Å². The minimum Gasteiger partial charge on any atom is -0.497 e. The lowest BCUT2D eigenvalue weighted by atomic mass is 10.1. The van der Waals surface area contributed by atoms with Gasteiger partial charge in [0, 0.05) is 18.2 Å². The first-order valence-electron chi connectivity index (χ1n) is 6.16. The molecule has 1 aromatic carbocycles. The Kier molecular flexibility index (Phi) is 4.06. The second kappa shape index (κ2) is 5.63. The van der Waals surface area contributed by atoms with Gasteiger partial charge in [-0.1, -0.05) is 0 Å². The van der Waals surface area contributed by atoms with E-state index in [9.17, 15) is 22.8 Å². The molecule has 0 radical (unpaired) electrons. The zero-order valence-corrected chi connectivity index (χ0v) is 11.1. The average molecular weight is 302 g/mol. The maximum Gasteiger partial charge on any atom is 0.416 e. The molecule has 1 atom stereocenters. The molecular weight excluding hydrogens is 289 g/mol. The van der Waals surface area contributed by atoms with Gasteiger partial charge in [-0.3, -0.25) is 14.9 Å². The van der Waals surface area contributed by atoms with Crippen LogP contribution in [-0.2, 0) is 15.8 Å². The number of benzene rings is 1. The second-order valence-corrected chi connectivity index (χ2v) is 4.60. The lowest BCUT2D eigenvalue weighted by Crippen LogP contribution is -2.47. The Labute approximate surface area is 118 Å². The first-order valence-corrected chi connectivity index (χ1v) is 6.16. The zero-order chi connectivity index (χ0) is 15.6. The summed E-state index contributed by atoms with van der Waals surface area (Å²) >= 11 is 0. The molecule has 114 valence electrons. The van der Waals surface area contributed by atoms with Gasteiger partial charge in [-0.15, -0.1) is 0 Å². The molecule has 1 heterocycles. The van der Waals surface area contributed by atoms with Crippen LogP contribution in [0.1, 0.15) is 18.4 Å². The van der Waals surface area contributed by atoms with Crippen molar-refractivity contribution in [3.05, 3.63) is 23.8 Å². The number of alkyl halides is 3. The van der Waals surface area contributed by atoms with Crippen LogP contribution in [-0.4, -0.2) is 25.0 Å². The van der Waals surface area contributed by atoms with E-state index >= 15 is 0 Å². The number of amides is 2. The van der Waals surface area contributed by atoms with Crippen molar-refractivity contribution in [2.75, 3.05) is 12.4 Å². The number of anilines is 1. The van der Waals surface area contributed by atoms with Gasteiger partial charge < -0.3 is 10.1 Å². The highest BCUT2D eigenvalue weighted by Crippen LogP contribution is 2.34. The predicted octanol–water partition coefficient (Wildman–Crippen LogP) is 1.93. The highest BCUT2D eigenvalue weighted by atomic mass is 19.4. The van der Waals surface area contributed by atoms with Gasteiger partial charge in [0.25, 0.3) is 0 Å². The highest BCUT2D eigenvalue weighted by molar-refractivity contribution is 6.01. The number of hydrogen-bond acceptors (Lipinski definition) is 4. The van der Waals surface area contributed by atoms with E-state index in [1.165, 1.54) is 13.2 Å². The average Bonchev–Trinajstić information content (AvgIpc) is 2.40. The lowest BCUT2D eigenvalue weighted by molar-refractivity contribution is -0.137. The molecule has 1 aliphatic heterocycles. The molecule has 0 saturated carbocycles. The first-order chi connectivity index (χ1) is 9.79. The molecule has 0 aromatic heterocycles. The Hall–Kier alpha value is -2.25. The number of imide groups is 1. The minimum atomic E-state index is -4.52. The molecule has 0 bridgehead atoms. The van der Waals surface area contributed by atoms with Gasteiger partial charge in [0.1, 0.15) is 11.8 Å². The van der Waals surface area contributed by atoms with Crippen molar-refractivity contribution in [2.24, 2.45) is 0 Å². The van der Waals surface area contributed by atoms with E-state index in [4.69, 9.17) is 4.74 Å². The van der Waals surface area contributed by atoms with Gasteiger partial charge in [0.2, 0.25) is 11.8 Å². The normalized spacial score (nSPS) is 19.1. The van der Waals surface area contributed by atoms with E-state index in [2.05, 4.69) is 10.6 Å². The molecule has 1 unspecified atom stereocenters. The Morgan fingerprint density at radius 2 is 2.00 bits per heavy atom. The van der Waals surface area contributed by atoms with Crippen LogP contribution in [0.3, 0.4) is 0 Å². The van der Waals surface area contributed by atoms with E-state index in [-0.39, 0.29) is 30.2 Å². The third-order valence-corrected chi connectivity index (χ3v) is 3.05. The number of nitrogens with one attached hydrogen (secondary N) is 2. The van der Waals surface area contributed by atoms with Crippen LogP contribution in [0.2, 0.25) is 0 Å². The fraction of sp³-hybridized carbons (Fsp3) is 0.385. The van der Waals surface area contributed by atoms with E-state index in [0.717, 1.165) is 12.1 Å². The van der Waals surface area contributed by atoms with Crippen LogP contribution in [0, 0.1) is 0 Å². The standard InChI is InChI=1S/C13H13F3N2O3/c1-21-9-5-7(13(14,15)16)4-8(6-9)17-10-2-3-11(19)18-12(10)20/h4-6,10,17H,2-3H2,1H3,(H,18,19,20). The summed E-state index contributed by atoms with van der Waals surface area (Å²) in [5, 5.41) is 4.82. The molecule has 0 spiro atoms. The summed E-state index contributed by atoms with van der Waals surface area (Å²) in [4.78, 5) is 22.6. The van der Waals surface area contributed by atoms with Crippen LogP contribution in [0.4, 0.5) is 18.9 Å². The zero-order valence-electron chi connectivity index (χ0n) is 11.1. The monoisotopic (exact) mass is 302 g/mol. The van der Waals surface area contributed by atoms with Gasteiger partial charge in [-0.25, -0.2) is 0 Å². The second-order valence-electron chi connectivity index (χ2n) is 4.60. The van der Waals surface area contributed by atoms with Crippen molar-refractivity contribution in [3.8, 4) is 5.75 Å². The Morgan fingerprint density at radius 3 is 2.57 bits per heavy atom. The van der Waals surface area contributed by atoms with Crippen LogP contribution >= 0.6 is 0 Å². The molecule has 1 fully saturated rings. The van der Waals surface area contributed by atoms with Crippen LogP contribution < -0.4 is 15.4 Å². The number of halogens is 3. The van der Waals surface area contributed by atoms with E-state index in [1.54, 1.807) is 0 Å². The maximum absolute atomic E-state index is 12.8. The summed E-state index contributed by atoms with van der Waals surface area (Å²) in [6.07, 6.45) is -4.15. The summed E-state index contributed by atoms with van der Waals surface area (Å²) in [6.45, 7) is 0. The number of carbonyl (C=O) groups excluding carboxylic acids is 2.